The summed E-state index contributed by atoms with van der Waals surface area (Å²) < 4.78 is 67.0. The second-order valence-electron chi connectivity index (χ2n) is 6.22. The van der Waals surface area contributed by atoms with Gasteiger partial charge < -0.3 is 15.4 Å². The summed E-state index contributed by atoms with van der Waals surface area (Å²) in [6.07, 6.45) is -4.46. The third kappa shape index (κ3) is 6.17. The van der Waals surface area contributed by atoms with Gasteiger partial charge in [-0.3, -0.25) is 9.59 Å². The van der Waals surface area contributed by atoms with E-state index >= 15 is 0 Å². The molecule has 1 fully saturated rings. The lowest BCUT2D eigenvalue weighted by Gasteiger charge is -2.26. The number of hydrogen-bond acceptors (Lipinski definition) is 5. The number of benzene rings is 1. The van der Waals surface area contributed by atoms with Crippen LogP contribution in [0.5, 0.6) is 0 Å². The Labute approximate surface area is 160 Å². The van der Waals surface area contributed by atoms with E-state index in [9.17, 15) is 31.2 Å². The summed E-state index contributed by atoms with van der Waals surface area (Å²) in [6.45, 7) is -0.338. The van der Waals surface area contributed by atoms with Gasteiger partial charge in [-0.25, -0.2) is 8.42 Å². The van der Waals surface area contributed by atoms with E-state index in [1.165, 1.54) is 25.1 Å². The van der Waals surface area contributed by atoms with E-state index in [2.05, 4.69) is 15.4 Å². The molecule has 1 aromatic carbocycles. The molecule has 1 aliphatic heterocycles. The molecular weight excluding hydrogens is 403 g/mol. The molecule has 1 aliphatic rings. The molecule has 0 radical (unpaired) electrons. The summed E-state index contributed by atoms with van der Waals surface area (Å²) in [4.78, 5) is 23.5. The minimum absolute atomic E-state index is 0.0187. The Balaban J connectivity index is 2.03. The molecule has 2 amide bonds. The van der Waals surface area contributed by atoms with Gasteiger partial charge in [0.05, 0.1) is 18.0 Å². The minimum atomic E-state index is -4.46. The lowest BCUT2D eigenvalue weighted by molar-refractivity contribution is -0.174. The van der Waals surface area contributed by atoms with Crippen molar-refractivity contribution in [2.24, 2.45) is 0 Å². The normalized spacial score (nSPS) is 17.1. The number of nitrogens with zero attached hydrogens (tertiary/aromatic N) is 1. The van der Waals surface area contributed by atoms with Gasteiger partial charge in [0.25, 0.3) is 5.91 Å². The maximum atomic E-state index is 12.7. The second kappa shape index (κ2) is 8.88. The Morgan fingerprint density at radius 3 is 2.75 bits per heavy atom. The van der Waals surface area contributed by atoms with Crippen molar-refractivity contribution in [3.8, 4) is 0 Å². The van der Waals surface area contributed by atoms with E-state index in [1.807, 2.05) is 0 Å². The van der Waals surface area contributed by atoms with Gasteiger partial charge in [-0.05, 0) is 25.1 Å². The zero-order valence-electron chi connectivity index (χ0n) is 15.0. The first-order valence-electron chi connectivity index (χ1n) is 8.31. The minimum Gasteiger partial charge on any atom is -0.370 e. The van der Waals surface area contributed by atoms with Gasteiger partial charge in [0.15, 0.2) is 0 Å². The lowest BCUT2D eigenvalue weighted by atomic mass is 10.2. The van der Waals surface area contributed by atoms with Crippen LogP contribution in [0.15, 0.2) is 29.2 Å². The molecule has 0 aliphatic carbocycles. The van der Waals surface area contributed by atoms with E-state index < -0.39 is 40.7 Å². The highest BCUT2D eigenvalue weighted by Gasteiger charge is 2.30. The number of amides is 2. The number of piperazine rings is 1. The molecule has 156 valence electrons. The molecule has 1 unspecified atom stereocenters. The van der Waals surface area contributed by atoms with Crippen molar-refractivity contribution in [2.75, 3.05) is 32.8 Å². The van der Waals surface area contributed by atoms with Gasteiger partial charge >= 0.3 is 6.18 Å². The molecular formula is C16H20F3N3O5S. The average molecular weight is 423 g/mol. The van der Waals surface area contributed by atoms with Crippen molar-refractivity contribution < 1.29 is 35.9 Å². The molecule has 0 bridgehead atoms. The molecule has 1 atom stereocenters. The summed E-state index contributed by atoms with van der Waals surface area (Å²) in [5, 5.41) is 4.97. The molecule has 0 spiro atoms. The monoisotopic (exact) mass is 423 g/mol. The van der Waals surface area contributed by atoms with Crippen LogP contribution in [-0.4, -0.2) is 69.6 Å². The van der Waals surface area contributed by atoms with Crippen molar-refractivity contribution in [3.63, 3.8) is 0 Å². The first kappa shape index (κ1) is 22.1. The molecule has 1 aromatic rings. The molecule has 1 heterocycles. The number of nitrogens with one attached hydrogen (secondary N) is 2. The fourth-order valence-electron chi connectivity index (χ4n) is 2.47. The van der Waals surface area contributed by atoms with Gasteiger partial charge in [0.2, 0.25) is 15.9 Å². The van der Waals surface area contributed by atoms with Crippen LogP contribution in [0.4, 0.5) is 13.2 Å². The predicted molar refractivity (Wildman–Crippen MR) is 92.0 cm³/mol. The van der Waals surface area contributed by atoms with E-state index in [4.69, 9.17) is 0 Å². The molecule has 2 rings (SSSR count). The standard InChI is InChI=1S/C16H20F3N3O5S/c1-11(9-27-10-16(17,18)19)21-15(24)12-3-2-4-13(7-12)28(25,26)22-6-5-20-14(23)8-22/h2-4,7,11H,5-6,8-10H2,1H3,(H,20,23)(H,21,24). The summed E-state index contributed by atoms with van der Waals surface area (Å²) in [6, 6.07) is 4.48. The number of carbonyl (C=O) groups is 2. The number of ether oxygens (including phenoxy) is 1. The van der Waals surface area contributed by atoms with Gasteiger partial charge in [-0.2, -0.15) is 17.5 Å². The van der Waals surface area contributed by atoms with Crippen LogP contribution >= 0.6 is 0 Å². The van der Waals surface area contributed by atoms with Crippen LogP contribution in [-0.2, 0) is 19.6 Å². The van der Waals surface area contributed by atoms with Gasteiger partial charge in [-0.1, -0.05) is 6.07 Å². The highest BCUT2D eigenvalue weighted by atomic mass is 32.2. The molecule has 2 N–H and O–H groups in total. The molecule has 0 aromatic heterocycles. The average Bonchev–Trinajstić information content (AvgIpc) is 2.60. The van der Waals surface area contributed by atoms with Crippen molar-refractivity contribution in [2.45, 2.75) is 24.0 Å². The van der Waals surface area contributed by atoms with Crippen LogP contribution < -0.4 is 10.6 Å². The Hall–Kier alpha value is -2.18. The maximum absolute atomic E-state index is 12.7. The topological polar surface area (TPSA) is 105 Å². The zero-order chi connectivity index (χ0) is 20.9. The first-order valence-corrected chi connectivity index (χ1v) is 9.75. The fourth-order valence-corrected chi connectivity index (χ4v) is 3.91. The highest BCUT2D eigenvalue weighted by Crippen LogP contribution is 2.18. The number of carbonyl (C=O) groups excluding carboxylic acids is 2. The quantitative estimate of drug-likeness (QED) is 0.665. The predicted octanol–water partition coefficient (Wildman–Crippen LogP) is 0.504. The van der Waals surface area contributed by atoms with Gasteiger partial charge in [0, 0.05) is 24.7 Å². The van der Waals surface area contributed by atoms with Crippen molar-refractivity contribution in [1.29, 1.82) is 0 Å². The molecule has 12 heteroatoms. The van der Waals surface area contributed by atoms with E-state index in [0.29, 0.717) is 0 Å². The van der Waals surface area contributed by atoms with Crippen LogP contribution in [0.3, 0.4) is 0 Å². The van der Waals surface area contributed by atoms with Gasteiger partial charge in [-0.15, -0.1) is 0 Å². The smallest absolute Gasteiger partial charge is 0.370 e. The van der Waals surface area contributed by atoms with E-state index in [1.54, 1.807) is 0 Å². The third-order valence-electron chi connectivity index (χ3n) is 3.75. The largest absolute Gasteiger partial charge is 0.411 e. The summed E-state index contributed by atoms with van der Waals surface area (Å²) >= 11 is 0. The Morgan fingerprint density at radius 2 is 2.11 bits per heavy atom. The van der Waals surface area contributed by atoms with Crippen LogP contribution in [0.2, 0.25) is 0 Å². The molecule has 28 heavy (non-hydrogen) atoms. The maximum Gasteiger partial charge on any atom is 0.411 e. The first-order chi connectivity index (χ1) is 13.0. The van der Waals surface area contributed by atoms with Gasteiger partial charge in [0.1, 0.15) is 6.61 Å². The fraction of sp³-hybridized carbons (Fsp3) is 0.500. The van der Waals surface area contributed by atoms with Crippen LogP contribution in [0.25, 0.3) is 0 Å². The van der Waals surface area contributed by atoms with Crippen LogP contribution in [0, 0.1) is 0 Å². The Bertz CT molecular complexity index is 829. The summed E-state index contributed by atoms with van der Waals surface area (Å²) in [5.74, 6) is -1.08. The Morgan fingerprint density at radius 1 is 1.39 bits per heavy atom. The third-order valence-corrected chi connectivity index (χ3v) is 5.59. The number of hydrogen-bond donors (Lipinski definition) is 2. The summed E-state index contributed by atoms with van der Waals surface area (Å²) in [5.41, 5.74) is 0.0187. The van der Waals surface area contributed by atoms with E-state index in [-0.39, 0.29) is 36.7 Å². The zero-order valence-corrected chi connectivity index (χ0v) is 15.8. The highest BCUT2D eigenvalue weighted by molar-refractivity contribution is 7.89. The molecule has 8 nitrogen and oxygen atoms in total. The number of halogens is 3. The lowest BCUT2D eigenvalue weighted by Crippen LogP contribution is -2.49. The Kier molecular flexibility index (Phi) is 7.01. The second-order valence-corrected chi connectivity index (χ2v) is 8.16. The van der Waals surface area contributed by atoms with Crippen molar-refractivity contribution in [3.05, 3.63) is 29.8 Å². The van der Waals surface area contributed by atoms with E-state index in [0.717, 1.165) is 10.4 Å². The number of alkyl halides is 3. The van der Waals surface area contributed by atoms with Crippen molar-refractivity contribution >= 4 is 21.8 Å². The molecule has 1 saturated heterocycles. The SMILES string of the molecule is CC(COCC(F)(F)F)NC(=O)c1cccc(S(=O)(=O)N2CCNC(=O)C2)c1. The summed E-state index contributed by atoms with van der Waals surface area (Å²) in [7, 11) is -3.97. The van der Waals surface area contributed by atoms with Crippen molar-refractivity contribution in [1.82, 2.24) is 14.9 Å². The molecule has 0 saturated carbocycles. The van der Waals surface area contributed by atoms with Crippen LogP contribution in [0.1, 0.15) is 17.3 Å². The number of rotatable bonds is 7. The number of sulfonamides is 1.